The maximum atomic E-state index is 12.4. The summed E-state index contributed by atoms with van der Waals surface area (Å²) >= 11 is 0. The molecule has 0 radical (unpaired) electrons. The highest BCUT2D eigenvalue weighted by molar-refractivity contribution is 7.92. The third kappa shape index (κ3) is 5.63. The van der Waals surface area contributed by atoms with Crippen LogP contribution in [0.2, 0.25) is 0 Å². The highest BCUT2D eigenvalue weighted by Crippen LogP contribution is 2.21. The molecule has 0 spiro atoms. The molecule has 152 valence electrons. The molecule has 1 amide bonds. The van der Waals surface area contributed by atoms with Crippen molar-refractivity contribution in [1.82, 2.24) is 5.32 Å². The van der Waals surface area contributed by atoms with E-state index in [1.165, 1.54) is 11.4 Å². The van der Waals surface area contributed by atoms with Crippen molar-refractivity contribution in [2.75, 3.05) is 24.7 Å². The fourth-order valence-corrected chi connectivity index (χ4v) is 3.00. The first kappa shape index (κ1) is 21.6. The number of ether oxygens (including phenoxy) is 2. The van der Waals surface area contributed by atoms with Gasteiger partial charge in [0.15, 0.2) is 6.10 Å². The van der Waals surface area contributed by atoms with Gasteiger partial charge in [0, 0.05) is 7.05 Å². The minimum Gasteiger partial charge on any atom is -0.497 e. The van der Waals surface area contributed by atoms with Crippen molar-refractivity contribution in [2.45, 2.75) is 26.0 Å². The van der Waals surface area contributed by atoms with Gasteiger partial charge in [-0.25, -0.2) is 8.42 Å². The normalized spacial score (nSPS) is 13.3. The van der Waals surface area contributed by atoms with Crippen LogP contribution >= 0.6 is 0 Å². The lowest BCUT2D eigenvalue weighted by Crippen LogP contribution is -2.37. The van der Waals surface area contributed by atoms with Crippen LogP contribution in [0.25, 0.3) is 0 Å². The number of nitrogens with one attached hydrogen (secondary N) is 1. The van der Waals surface area contributed by atoms with Crippen molar-refractivity contribution in [3.8, 4) is 11.5 Å². The van der Waals surface area contributed by atoms with E-state index in [4.69, 9.17) is 9.47 Å². The molecule has 0 aromatic heterocycles. The minimum absolute atomic E-state index is 0.185. The van der Waals surface area contributed by atoms with E-state index in [2.05, 4.69) is 5.32 Å². The molecule has 1 N–H and O–H groups in total. The summed E-state index contributed by atoms with van der Waals surface area (Å²) < 4.78 is 35.1. The van der Waals surface area contributed by atoms with E-state index >= 15 is 0 Å². The number of benzene rings is 2. The quantitative estimate of drug-likeness (QED) is 0.729. The standard InChI is InChI=1S/C20H26N2O5S/c1-14(16-6-10-18(26-4)11-7-16)21-20(23)15(2)27-19-12-8-17(9-13-19)22(3)28(5,24)25/h6-15H,1-5H3,(H,21,23)/t14-,15+/m0/s1. The number of sulfonamides is 1. The van der Waals surface area contributed by atoms with Crippen LogP contribution in [0.1, 0.15) is 25.5 Å². The largest absolute Gasteiger partial charge is 0.497 e. The third-order valence-electron chi connectivity index (χ3n) is 4.35. The number of methoxy groups -OCH3 is 1. The number of nitrogens with zero attached hydrogens (tertiary/aromatic N) is 1. The van der Waals surface area contributed by atoms with Crippen LogP contribution in [0, 0.1) is 0 Å². The Hall–Kier alpha value is -2.74. The molecule has 0 saturated heterocycles. The Balaban J connectivity index is 1.96. The zero-order valence-electron chi connectivity index (χ0n) is 16.7. The van der Waals surface area contributed by atoms with Gasteiger partial charge in [0.25, 0.3) is 5.91 Å². The van der Waals surface area contributed by atoms with Gasteiger partial charge < -0.3 is 14.8 Å². The van der Waals surface area contributed by atoms with Crippen LogP contribution in [-0.4, -0.2) is 40.8 Å². The van der Waals surface area contributed by atoms with Crippen LogP contribution in [0.4, 0.5) is 5.69 Å². The van der Waals surface area contributed by atoms with Gasteiger partial charge in [0.05, 0.1) is 25.1 Å². The van der Waals surface area contributed by atoms with E-state index in [9.17, 15) is 13.2 Å². The molecular weight excluding hydrogens is 380 g/mol. The van der Waals surface area contributed by atoms with Crippen molar-refractivity contribution >= 4 is 21.6 Å². The summed E-state index contributed by atoms with van der Waals surface area (Å²) in [6, 6.07) is 13.8. The molecule has 28 heavy (non-hydrogen) atoms. The fourth-order valence-electron chi connectivity index (χ4n) is 2.49. The van der Waals surface area contributed by atoms with E-state index < -0.39 is 16.1 Å². The molecule has 7 nitrogen and oxygen atoms in total. The van der Waals surface area contributed by atoms with Crippen molar-refractivity contribution < 1.29 is 22.7 Å². The zero-order valence-corrected chi connectivity index (χ0v) is 17.5. The predicted octanol–water partition coefficient (Wildman–Crippen LogP) is 2.74. The summed E-state index contributed by atoms with van der Waals surface area (Å²) in [5, 5.41) is 2.91. The molecule has 0 bridgehead atoms. The van der Waals surface area contributed by atoms with E-state index in [0.29, 0.717) is 11.4 Å². The molecule has 2 rings (SSSR count). The van der Waals surface area contributed by atoms with Crippen LogP contribution in [-0.2, 0) is 14.8 Å². The van der Waals surface area contributed by atoms with Gasteiger partial charge in [-0.3, -0.25) is 9.10 Å². The molecule has 0 unspecified atom stereocenters. The first-order chi connectivity index (χ1) is 13.1. The zero-order chi connectivity index (χ0) is 20.9. The Bertz CT molecular complexity index is 895. The number of anilines is 1. The summed E-state index contributed by atoms with van der Waals surface area (Å²) in [6.07, 6.45) is 0.424. The minimum atomic E-state index is -3.33. The Morgan fingerprint density at radius 1 is 1.00 bits per heavy atom. The maximum absolute atomic E-state index is 12.4. The summed E-state index contributed by atoms with van der Waals surface area (Å²) in [7, 11) is -0.253. The van der Waals surface area contributed by atoms with Crippen molar-refractivity contribution in [3.63, 3.8) is 0 Å². The molecule has 2 atom stereocenters. The van der Waals surface area contributed by atoms with Gasteiger partial charge in [-0.05, 0) is 55.8 Å². The van der Waals surface area contributed by atoms with Gasteiger partial charge >= 0.3 is 0 Å². The van der Waals surface area contributed by atoms with E-state index in [-0.39, 0.29) is 11.9 Å². The second-order valence-corrected chi connectivity index (χ2v) is 8.50. The van der Waals surface area contributed by atoms with Crippen LogP contribution in [0.3, 0.4) is 0 Å². The van der Waals surface area contributed by atoms with Gasteiger partial charge in [-0.2, -0.15) is 0 Å². The van der Waals surface area contributed by atoms with Gasteiger partial charge in [-0.1, -0.05) is 12.1 Å². The molecule has 0 heterocycles. The Morgan fingerprint density at radius 2 is 1.54 bits per heavy atom. The number of rotatable bonds is 8. The SMILES string of the molecule is COc1ccc([C@H](C)NC(=O)[C@@H](C)Oc2ccc(N(C)S(C)(=O)=O)cc2)cc1. The van der Waals surface area contributed by atoms with Gasteiger partial charge in [0.2, 0.25) is 10.0 Å². The van der Waals surface area contributed by atoms with Crippen molar-refractivity contribution in [2.24, 2.45) is 0 Å². The summed E-state index contributed by atoms with van der Waals surface area (Å²) in [6.45, 7) is 3.55. The highest BCUT2D eigenvalue weighted by atomic mass is 32.2. The first-order valence-corrected chi connectivity index (χ1v) is 10.6. The Morgan fingerprint density at radius 3 is 2.04 bits per heavy atom. The van der Waals surface area contributed by atoms with Gasteiger partial charge in [-0.15, -0.1) is 0 Å². The lowest BCUT2D eigenvalue weighted by Gasteiger charge is -2.20. The molecular formula is C20H26N2O5S. The number of amides is 1. The molecule has 0 fully saturated rings. The van der Waals surface area contributed by atoms with Crippen molar-refractivity contribution in [3.05, 3.63) is 54.1 Å². The Labute approximate surface area is 166 Å². The second-order valence-electron chi connectivity index (χ2n) is 6.49. The molecule has 2 aromatic rings. The summed E-state index contributed by atoms with van der Waals surface area (Å²) in [4.78, 5) is 12.4. The first-order valence-electron chi connectivity index (χ1n) is 8.76. The molecule has 0 aliphatic rings. The number of hydrogen-bond acceptors (Lipinski definition) is 5. The third-order valence-corrected chi connectivity index (χ3v) is 5.56. The molecule has 2 aromatic carbocycles. The molecule has 0 aliphatic carbocycles. The average molecular weight is 407 g/mol. The highest BCUT2D eigenvalue weighted by Gasteiger charge is 2.18. The summed E-state index contributed by atoms with van der Waals surface area (Å²) in [5.41, 5.74) is 1.47. The number of carbonyl (C=O) groups is 1. The summed E-state index contributed by atoms with van der Waals surface area (Å²) in [5.74, 6) is 0.981. The second kappa shape index (κ2) is 8.97. The van der Waals surface area contributed by atoms with Crippen molar-refractivity contribution in [1.29, 1.82) is 0 Å². The van der Waals surface area contributed by atoms with E-state index in [1.807, 2.05) is 31.2 Å². The lowest BCUT2D eigenvalue weighted by atomic mass is 10.1. The molecule has 0 saturated carbocycles. The fraction of sp³-hybridized carbons (Fsp3) is 0.350. The number of carbonyl (C=O) groups excluding carboxylic acids is 1. The van der Waals surface area contributed by atoms with Crippen LogP contribution < -0.4 is 19.1 Å². The smallest absolute Gasteiger partial charge is 0.261 e. The topological polar surface area (TPSA) is 84.9 Å². The maximum Gasteiger partial charge on any atom is 0.261 e. The van der Waals surface area contributed by atoms with Crippen LogP contribution in [0.5, 0.6) is 11.5 Å². The monoisotopic (exact) mass is 406 g/mol. The molecule has 0 aliphatic heterocycles. The molecule has 8 heteroatoms. The predicted molar refractivity (Wildman–Crippen MR) is 109 cm³/mol. The Kier molecular flexibility index (Phi) is 6.90. The number of hydrogen-bond donors (Lipinski definition) is 1. The van der Waals surface area contributed by atoms with Crippen LogP contribution in [0.15, 0.2) is 48.5 Å². The van der Waals surface area contributed by atoms with Gasteiger partial charge in [0.1, 0.15) is 11.5 Å². The van der Waals surface area contributed by atoms with E-state index in [0.717, 1.165) is 17.6 Å². The lowest BCUT2D eigenvalue weighted by molar-refractivity contribution is -0.127. The average Bonchev–Trinajstić information content (AvgIpc) is 2.67. The van der Waals surface area contributed by atoms with E-state index in [1.54, 1.807) is 38.3 Å².